The largest absolute Gasteiger partial charge is 0.342 e. The fourth-order valence-corrected chi connectivity index (χ4v) is 3.74. The maximum absolute atomic E-state index is 12.2. The molecule has 0 N–H and O–H groups in total. The molecule has 0 saturated carbocycles. The van der Waals surface area contributed by atoms with Gasteiger partial charge in [0, 0.05) is 19.6 Å². The second-order valence-corrected chi connectivity index (χ2v) is 7.71. The van der Waals surface area contributed by atoms with Gasteiger partial charge in [0.15, 0.2) is 15.7 Å². The minimum atomic E-state index is -3.56. The van der Waals surface area contributed by atoms with Gasteiger partial charge in [0.2, 0.25) is 5.91 Å². The minimum Gasteiger partial charge on any atom is -0.342 e. The van der Waals surface area contributed by atoms with Crippen LogP contribution >= 0.6 is 0 Å². The first-order chi connectivity index (χ1) is 10.5. The van der Waals surface area contributed by atoms with Crippen molar-refractivity contribution in [1.29, 1.82) is 0 Å². The molecule has 0 aromatic carbocycles. The molecule has 2 heterocycles. The van der Waals surface area contributed by atoms with Crippen LogP contribution in [0.25, 0.3) is 0 Å². The number of hydrogen-bond acceptors (Lipinski definition) is 6. The first-order valence-electron chi connectivity index (χ1n) is 7.75. The third-order valence-electron chi connectivity index (χ3n) is 3.73. The van der Waals surface area contributed by atoms with Crippen molar-refractivity contribution in [2.45, 2.75) is 51.3 Å². The normalized spacial score (nSPS) is 16.0. The summed E-state index contributed by atoms with van der Waals surface area (Å²) in [5.74, 6) is -0.760. The molecule has 8 nitrogen and oxygen atoms in total. The Morgan fingerprint density at radius 2 is 1.95 bits per heavy atom. The molecular formula is C13H23N5O3S. The van der Waals surface area contributed by atoms with Crippen LogP contribution < -0.4 is 0 Å². The van der Waals surface area contributed by atoms with Crippen LogP contribution in [0.2, 0.25) is 0 Å². The third-order valence-corrected chi connectivity index (χ3v) is 5.12. The summed E-state index contributed by atoms with van der Waals surface area (Å²) in [5, 5.41) is 11.1. The molecule has 9 heteroatoms. The van der Waals surface area contributed by atoms with E-state index in [1.54, 1.807) is 4.90 Å². The van der Waals surface area contributed by atoms with E-state index in [1.807, 2.05) is 6.92 Å². The van der Waals surface area contributed by atoms with Crippen molar-refractivity contribution in [3.63, 3.8) is 0 Å². The number of aryl methyl sites for hydroxylation is 1. The SMILES string of the molecule is CCCCn1nnnc1CS(=O)(=O)CC(=O)N1CCCCC1. The molecule has 1 aromatic rings. The summed E-state index contributed by atoms with van der Waals surface area (Å²) in [6, 6.07) is 0. The second-order valence-electron chi connectivity index (χ2n) is 5.65. The van der Waals surface area contributed by atoms with Crippen LogP contribution in [-0.2, 0) is 26.9 Å². The molecule has 0 aliphatic carbocycles. The third kappa shape index (κ3) is 4.75. The van der Waals surface area contributed by atoms with Crippen LogP contribution in [0.4, 0.5) is 0 Å². The van der Waals surface area contributed by atoms with Gasteiger partial charge in [0.25, 0.3) is 0 Å². The Balaban J connectivity index is 1.95. The van der Waals surface area contributed by atoms with E-state index in [-0.39, 0.29) is 11.7 Å². The van der Waals surface area contributed by atoms with E-state index in [2.05, 4.69) is 15.5 Å². The van der Waals surface area contributed by atoms with Gasteiger partial charge in [-0.15, -0.1) is 5.10 Å². The Hall–Kier alpha value is -1.51. The summed E-state index contributed by atoms with van der Waals surface area (Å²) in [5.41, 5.74) is 0. The topological polar surface area (TPSA) is 98.0 Å². The minimum absolute atomic E-state index is 0.288. The monoisotopic (exact) mass is 329 g/mol. The molecular weight excluding hydrogens is 306 g/mol. The van der Waals surface area contributed by atoms with Gasteiger partial charge in [-0.05, 0) is 36.1 Å². The van der Waals surface area contributed by atoms with E-state index in [0.29, 0.717) is 25.5 Å². The molecule has 0 radical (unpaired) electrons. The predicted octanol–water partition coefficient (Wildman–Crippen LogP) is 0.401. The Kier molecular flexibility index (Phi) is 5.87. The van der Waals surface area contributed by atoms with Gasteiger partial charge >= 0.3 is 0 Å². The molecule has 0 bridgehead atoms. The van der Waals surface area contributed by atoms with Crippen LogP contribution in [0.5, 0.6) is 0 Å². The highest BCUT2D eigenvalue weighted by atomic mass is 32.2. The zero-order valence-corrected chi connectivity index (χ0v) is 13.8. The predicted molar refractivity (Wildman–Crippen MR) is 80.6 cm³/mol. The molecule has 22 heavy (non-hydrogen) atoms. The van der Waals surface area contributed by atoms with Crippen LogP contribution in [-0.4, -0.2) is 58.3 Å². The maximum atomic E-state index is 12.2. The highest BCUT2D eigenvalue weighted by Crippen LogP contribution is 2.11. The van der Waals surface area contributed by atoms with Gasteiger partial charge in [-0.2, -0.15) is 0 Å². The molecule has 124 valence electrons. The fourth-order valence-electron chi connectivity index (χ4n) is 2.48. The average molecular weight is 329 g/mol. The number of tetrazole rings is 1. The van der Waals surface area contributed by atoms with E-state index in [4.69, 9.17) is 0 Å². The highest BCUT2D eigenvalue weighted by Gasteiger charge is 2.25. The highest BCUT2D eigenvalue weighted by molar-refractivity contribution is 7.91. The molecule has 0 unspecified atom stereocenters. The van der Waals surface area contributed by atoms with Crippen LogP contribution in [0, 0.1) is 0 Å². The van der Waals surface area contributed by atoms with Crippen molar-refractivity contribution in [2.75, 3.05) is 18.8 Å². The van der Waals surface area contributed by atoms with E-state index in [0.717, 1.165) is 32.1 Å². The number of amides is 1. The number of aromatic nitrogens is 4. The van der Waals surface area contributed by atoms with Crippen LogP contribution in [0.15, 0.2) is 0 Å². The lowest BCUT2D eigenvalue weighted by Crippen LogP contribution is -2.39. The number of nitrogens with zero attached hydrogens (tertiary/aromatic N) is 5. The number of rotatable bonds is 7. The first kappa shape index (κ1) is 16.9. The van der Waals surface area contributed by atoms with Crippen molar-refractivity contribution in [2.24, 2.45) is 0 Å². The Morgan fingerprint density at radius 3 is 2.64 bits per heavy atom. The van der Waals surface area contributed by atoms with Gasteiger partial charge in [0.05, 0.1) is 0 Å². The van der Waals surface area contributed by atoms with Gasteiger partial charge < -0.3 is 4.90 Å². The van der Waals surface area contributed by atoms with Gasteiger partial charge in [-0.1, -0.05) is 13.3 Å². The number of hydrogen-bond donors (Lipinski definition) is 0. The van der Waals surface area contributed by atoms with Crippen molar-refractivity contribution in [3.05, 3.63) is 5.82 Å². The number of carbonyl (C=O) groups is 1. The molecule has 1 aliphatic rings. The summed E-state index contributed by atoms with van der Waals surface area (Å²) >= 11 is 0. The van der Waals surface area contributed by atoms with E-state index < -0.39 is 15.6 Å². The van der Waals surface area contributed by atoms with E-state index in [1.165, 1.54) is 4.68 Å². The molecule has 1 aromatic heterocycles. The summed E-state index contributed by atoms with van der Waals surface area (Å²) in [4.78, 5) is 13.7. The quantitative estimate of drug-likeness (QED) is 0.718. The molecule has 0 atom stereocenters. The Bertz CT molecular complexity index is 593. The number of carbonyl (C=O) groups excluding carboxylic acids is 1. The molecule has 1 saturated heterocycles. The lowest BCUT2D eigenvalue weighted by atomic mass is 10.1. The van der Waals surface area contributed by atoms with Gasteiger partial charge in [-0.25, -0.2) is 13.1 Å². The zero-order chi connectivity index (χ0) is 16.0. The summed E-state index contributed by atoms with van der Waals surface area (Å²) in [7, 11) is -3.56. The van der Waals surface area contributed by atoms with E-state index in [9.17, 15) is 13.2 Å². The maximum Gasteiger partial charge on any atom is 0.237 e. The van der Waals surface area contributed by atoms with Crippen molar-refractivity contribution in [3.8, 4) is 0 Å². The van der Waals surface area contributed by atoms with Crippen molar-refractivity contribution in [1.82, 2.24) is 25.1 Å². The van der Waals surface area contributed by atoms with Gasteiger partial charge in [-0.3, -0.25) is 4.79 Å². The average Bonchev–Trinajstić information content (AvgIpc) is 2.91. The van der Waals surface area contributed by atoms with Crippen LogP contribution in [0.1, 0.15) is 44.9 Å². The first-order valence-corrected chi connectivity index (χ1v) is 9.57. The zero-order valence-electron chi connectivity index (χ0n) is 12.9. The molecule has 1 aliphatic heterocycles. The lowest BCUT2D eigenvalue weighted by Gasteiger charge is -2.26. The molecule has 0 spiro atoms. The molecule has 2 rings (SSSR count). The smallest absolute Gasteiger partial charge is 0.237 e. The number of likely N-dealkylation sites (tertiary alicyclic amines) is 1. The molecule has 1 amide bonds. The Morgan fingerprint density at radius 1 is 1.23 bits per heavy atom. The van der Waals surface area contributed by atoms with Crippen molar-refractivity contribution < 1.29 is 13.2 Å². The summed E-state index contributed by atoms with van der Waals surface area (Å²) < 4.78 is 25.9. The second kappa shape index (κ2) is 7.66. The molecule has 1 fully saturated rings. The number of unbranched alkanes of at least 4 members (excludes halogenated alkanes) is 1. The summed E-state index contributed by atoms with van der Waals surface area (Å²) in [6.07, 6.45) is 4.84. The van der Waals surface area contributed by atoms with E-state index >= 15 is 0 Å². The standard InChI is InChI=1S/C13H23N5O3S/c1-2-3-9-18-12(14-15-16-18)10-22(20,21)11-13(19)17-7-5-4-6-8-17/h2-11H2,1H3. The van der Waals surface area contributed by atoms with Crippen molar-refractivity contribution >= 4 is 15.7 Å². The van der Waals surface area contributed by atoms with Gasteiger partial charge in [0.1, 0.15) is 11.5 Å². The Labute approximate surface area is 130 Å². The fraction of sp³-hybridized carbons (Fsp3) is 0.846. The summed E-state index contributed by atoms with van der Waals surface area (Å²) in [6.45, 7) is 3.94. The van der Waals surface area contributed by atoms with Crippen LogP contribution in [0.3, 0.4) is 0 Å². The number of piperidine rings is 1. The lowest BCUT2D eigenvalue weighted by molar-refractivity contribution is -0.129. The number of sulfone groups is 1.